The third-order valence-corrected chi connectivity index (χ3v) is 5.65. The van der Waals surface area contributed by atoms with Gasteiger partial charge in [-0.15, -0.1) is 11.8 Å². The summed E-state index contributed by atoms with van der Waals surface area (Å²) in [6, 6.07) is 10.7. The molecule has 130 valence electrons. The highest BCUT2D eigenvalue weighted by Crippen LogP contribution is 2.35. The molecule has 0 radical (unpaired) electrons. The molecule has 0 N–H and O–H groups in total. The van der Waals surface area contributed by atoms with E-state index in [0.29, 0.717) is 12.0 Å². The van der Waals surface area contributed by atoms with Gasteiger partial charge in [0, 0.05) is 23.7 Å². The first-order chi connectivity index (χ1) is 11.3. The van der Waals surface area contributed by atoms with Gasteiger partial charge < -0.3 is 9.47 Å². The van der Waals surface area contributed by atoms with Gasteiger partial charge in [-0.3, -0.25) is 0 Å². The summed E-state index contributed by atoms with van der Waals surface area (Å²) in [6.07, 6.45) is 8.80. The van der Waals surface area contributed by atoms with Crippen molar-refractivity contribution in [1.29, 1.82) is 0 Å². The Morgan fingerprint density at radius 1 is 1.09 bits per heavy atom. The van der Waals surface area contributed by atoms with E-state index in [4.69, 9.17) is 9.47 Å². The van der Waals surface area contributed by atoms with Crippen LogP contribution in [0.15, 0.2) is 35.2 Å². The molecule has 1 unspecified atom stereocenters. The maximum Gasteiger partial charge on any atom is 0.158 e. The lowest BCUT2D eigenvalue weighted by atomic mass is 9.98. The van der Waals surface area contributed by atoms with E-state index in [9.17, 15) is 0 Å². The average Bonchev–Trinajstić information content (AvgIpc) is 2.97. The zero-order chi connectivity index (χ0) is 16.3. The van der Waals surface area contributed by atoms with Crippen LogP contribution in [0.1, 0.15) is 58.8 Å². The lowest BCUT2D eigenvalue weighted by molar-refractivity contribution is -0.135. The van der Waals surface area contributed by atoms with Gasteiger partial charge in [0.2, 0.25) is 0 Å². The molecule has 1 aliphatic rings. The minimum atomic E-state index is 0.0227. The Morgan fingerprint density at radius 3 is 2.61 bits per heavy atom. The van der Waals surface area contributed by atoms with Crippen LogP contribution in [0.2, 0.25) is 0 Å². The van der Waals surface area contributed by atoms with E-state index in [1.54, 1.807) is 0 Å². The second-order valence-electron chi connectivity index (χ2n) is 6.44. The van der Waals surface area contributed by atoms with E-state index in [0.717, 1.165) is 25.2 Å². The molecule has 1 fully saturated rings. The summed E-state index contributed by atoms with van der Waals surface area (Å²) in [5, 5.41) is 0. The fourth-order valence-electron chi connectivity index (χ4n) is 3.02. The highest BCUT2D eigenvalue weighted by atomic mass is 32.2. The van der Waals surface area contributed by atoms with Crippen molar-refractivity contribution in [2.45, 2.75) is 76.1 Å². The molecule has 1 aromatic rings. The zero-order valence-electron chi connectivity index (χ0n) is 14.7. The van der Waals surface area contributed by atoms with Gasteiger partial charge >= 0.3 is 0 Å². The van der Waals surface area contributed by atoms with Crippen LogP contribution in [0.25, 0.3) is 0 Å². The summed E-state index contributed by atoms with van der Waals surface area (Å²) in [5.41, 5.74) is 0. The van der Waals surface area contributed by atoms with Crippen LogP contribution in [-0.2, 0) is 9.47 Å². The van der Waals surface area contributed by atoms with Gasteiger partial charge in [0.1, 0.15) is 0 Å². The maximum absolute atomic E-state index is 6.22. The van der Waals surface area contributed by atoms with Crippen LogP contribution >= 0.6 is 11.8 Å². The Morgan fingerprint density at radius 2 is 1.87 bits per heavy atom. The topological polar surface area (TPSA) is 18.5 Å². The van der Waals surface area contributed by atoms with Gasteiger partial charge in [0.15, 0.2) is 6.29 Å². The fraction of sp³-hybridized carbons (Fsp3) is 0.700. The van der Waals surface area contributed by atoms with Crippen molar-refractivity contribution in [2.75, 3.05) is 12.4 Å². The van der Waals surface area contributed by atoms with Crippen LogP contribution < -0.4 is 0 Å². The summed E-state index contributed by atoms with van der Waals surface area (Å²) in [7, 11) is 0. The SMILES string of the molecule is CCCCC[C@@H]1OC(OCCCC)C[C@H]1CSc1ccccc1. The van der Waals surface area contributed by atoms with E-state index >= 15 is 0 Å². The molecule has 1 aromatic carbocycles. The number of hydrogen-bond acceptors (Lipinski definition) is 3. The number of hydrogen-bond donors (Lipinski definition) is 0. The highest BCUT2D eigenvalue weighted by molar-refractivity contribution is 7.99. The highest BCUT2D eigenvalue weighted by Gasteiger charge is 2.35. The summed E-state index contributed by atoms with van der Waals surface area (Å²) >= 11 is 1.96. The number of benzene rings is 1. The summed E-state index contributed by atoms with van der Waals surface area (Å²) < 4.78 is 12.2. The predicted molar refractivity (Wildman–Crippen MR) is 98.9 cm³/mol. The van der Waals surface area contributed by atoms with Crippen molar-refractivity contribution in [3.63, 3.8) is 0 Å². The van der Waals surface area contributed by atoms with Gasteiger partial charge in [0.05, 0.1) is 6.10 Å². The van der Waals surface area contributed by atoms with Crippen molar-refractivity contribution in [3.8, 4) is 0 Å². The minimum absolute atomic E-state index is 0.0227. The van der Waals surface area contributed by atoms with Crippen LogP contribution in [-0.4, -0.2) is 24.8 Å². The normalized spacial score (nSPS) is 24.2. The molecule has 0 saturated carbocycles. The Labute approximate surface area is 146 Å². The first kappa shape index (κ1) is 18.8. The molecule has 2 nitrogen and oxygen atoms in total. The number of rotatable bonds is 11. The number of unbranched alkanes of at least 4 members (excludes halogenated alkanes) is 3. The Bertz CT molecular complexity index is 409. The maximum atomic E-state index is 6.22. The number of thioether (sulfide) groups is 1. The second kappa shape index (κ2) is 11.1. The molecule has 0 bridgehead atoms. The van der Waals surface area contributed by atoms with Crippen molar-refractivity contribution < 1.29 is 9.47 Å². The van der Waals surface area contributed by atoms with E-state index in [2.05, 4.69) is 44.2 Å². The van der Waals surface area contributed by atoms with Gasteiger partial charge in [-0.25, -0.2) is 0 Å². The quantitative estimate of drug-likeness (QED) is 0.370. The van der Waals surface area contributed by atoms with Crippen LogP contribution in [0.4, 0.5) is 0 Å². The molecule has 0 amide bonds. The van der Waals surface area contributed by atoms with E-state index in [-0.39, 0.29) is 6.29 Å². The van der Waals surface area contributed by atoms with Crippen LogP contribution in [0, 0.1) is 5.92 Å². The summed E-state index contributed by atoms with van der Waals surface area (Å²) in [6.45, 7) is 5.29. The monoisotopic (exact) mass is 336 g/mol. The van der Waals surface area contributed by atoms with Gasteiger partial charge in [-0.2, -0.15) is 0 Å². The van der Waals surface area contributed by atoms with Crippen molar-refractivity contribution in [2.24, 2.45) is 5.92 Å². The first-order valence-corrected chi connectivity index (χ1v) is 10.3. The van der Waals surface area contributed by atoms with E-state index in [1.807, 2.05) is 11.8 Å². The van der Waals surface area contributed by atoms with Gasteiger partial charge in [-0.05, 0) is 30.9 Å². The van der Waals surface area contributed by atoms with Crippen molar-refractivity contribution >= 4 is 11.8 Å². The van der Waals surface area contributed by atoms with Crippen LogP contribution in [0.3, 0.4) is 0 Å². The Balaban J connectivity index is 1.81. The zero-order valence-corrected chi connectivity index (χ0v) is 15.5. The molecule has 1 heterocycles. The number of ether oxygens (including phenoxy) is 2. The molecular formula is C20H32O2S. The molecule has 0 aliphatic carbocycles. The smallest absolute Gasteiger partial charge is 0.158 e. The first-order valence-electron chi connectivity index (χ1n) is 9.28. The standard InChI is InChI=1S/C20H32O2S/c1-3-5-8-13-19-17(15-20(22-19)21-14-6-4-2)16-23-18-11-9-7-10-12-18/h7,9-12,17,19-20H,3-6,8,13-16H2,1-2H3/t17-,19-,20?/m0/s1. The Hall–Kier alpha value is -0.510. The molecule has 23 heavy (non-hydrogen) atoms. The second-order valence-corrected chi connectivity index (χ2v) is 7.54. The largest absolute Gasteiger partial charge is 0.353 e. The molecule has 0 spiro atoms. The molecule has 0 aromatic heterocycles. The lowest BCUT2D eigenvalue weighted by Gasteiger charge is -2.18. The molecule has 1 aliphatic heterocycles. The minimum Gasteiger partial charge on any atom is -0.353 e. The predicted octanol–water partition coefficient (Wildman–Crippen LogP) is 5.91. The summed E-state index contributed by atoms with van der Waals surface area (Å²) in [4.78, 5) is 1.36. The molecule has 3 heteroatoms. The molecule has 1 saturated heterocycles. The van der Waals surface area contributed by atoms with E-state index in [1.165, 1.54) is 37.0 Å². The molecular weight excluding hydrogens is 304 g/mol. The third kappa shape index (κ3) is 6.86. The van der Waals surface area contributed by atoms with E-state index < -0.39 is 0 Å². The van der Waals surface area contributed by atoms with Crippen molar-refractivity contribution in [3.05, 3.63) is 30.3 Å². The fourth-order valence-corrected chi connectivity index (χ4v) is 4.13. The van der Waals surface area contributed by atoms with Crippen LogP contribution in [0.5, 0.6) is 0 Å². The van der Waals surface area contributed by atoms with Gasteiger partial charge in [-0.1, -0.05) is 57.7 Å². The molecule has 3 atom stereocenters. The third-order valence-electron chi connectivity index (χ3n) is 4.45. The van der Waals surface area contributed by atoms with Crippen molar-refractivity contribution in [1.82, 2.24) is 0 Å². The molecule has 2 rings (SSSR count). The Kier molecular flexibility index (Phi) is 9.10. The average molecular weight is 337 g/mol. The summed E-state index contributed by atoms with van der Waals surface area (Å²) in [5.74, 6) is 1.75. The lowest BCUT2D eigenvalue weighted by Crippen LogP contribution is -2.18. The van der Waals surface area contributed by atoms with Gasteiger partial charge in [0.25, 0.3) is 0 Å².